The molecule has 0 bridgehead atoms. The first-order chi connectivity index (χ1) is 14.7. The molecule has 1 saturated heterocycles. The zero-order valence-electron chi connectivity index (χ0n) is 16.9. The van der Waals surface area contributed by atoms with Gasteiger partial charge in [-0.05, 0) is 29.8 Å². The van der Waals surface area contributed by atoms with Gasteiger partial charge in [0.15, 0.2) is 5.54 Å². The standard InChI is InChI=1S/C22H24FN3O4S/c23-19-8-10-20(11-9-19)25-13-15-26(16-14-25)31(29,30)17-22(24,21(27)28)12-4-7-18-5-2-1-3-6-18/h1-3,5-6,8-11H,7,13-17,24H2,(H,27,28). The highest BCUT2D eigenvalue weighted by Crippen LogP contribution is 2.19. The van der Waals surface area contributed by atoms with E-state index in [9.17, 15) is 22.7 Å². The number of carbonyl (C=O) groups is 1. The number of halogens is 1. The Morgan fingerprint density at radius 2 is 1.68 bits per heavy atom. The molecule has 2 aromatic carbocycles. The Morgan fingerprint density at radius 1 is 1.06 bits per heavy atom. The molecule has 1 aliphatic rings. The van der Waals surface area contributed by atoms with Gasteiger partial charge in [0.1, 0.15) is 11.6 Å². The fourth-order valence-corrected chi connectivity index (χ4v) is 4.98. The van der Waals surface area contributed by atoms with Crippen LogP contribution in [0.5, 0.6) is 0 Å². The molecule has 1 aliphatic heterocycles. The zero-order chi connectivity index (χ0) is 22.5. The van der Waals surface area contributed by atoms with Gasteiger partial charge in [-0.1, -0.05) is 42.2 Å². The molecule has 3 rings (SSSR count). The Morgan fingerprint density at radius 3 is 2.26 bits per heavy atom. The van der Waals surface area contributed by atoms with E-state index in [1.54, 1.807) is 12.1 Å². The quantitative estimate of drug-likeness (QED) is 0.650. The largest absolute Gasteiger partial charge is 0.479 e. The smallest absolute Gasteiger partial charge is 0.337 e. The number of hydrogen-bond donors (Lipinski definition) is 2. The van der Waals surface area contributed by atoms with Gasteiger partial charge in [0, 0.05) is 38.3 Å². The molecule has 1 unspecified atom stereocenters. The van der Waals surface area contributed by atoms with Crippen molar-refractivity contribution in [2.75, 3.05) is 36.8 Å². The normalized spacial score (nSPS) is 16.8. The van der Waals surface area contributed by atoms with Crippen LogP contribution in [-0.4, -0.2) is 61.3 Å². The van der Waals surface area contributed by atoms with Crippen LogP contribution >= 0.6 is 0 Å². The summed E-state index contributed by atoms with van der Waals surface area (Å²) in [5, 5.41) is 9.56. The van der Waals surface area contributed by atoms with E-state index in [0.717, 1.165) is 11.3 Å². The third kappa shape index (κ3) is 5.82. The monoisotopic (exact) mass is 445 g/mol. The Hall–Kier alpha value is -2.93. The lowest BCUT2D eigenvalue weighted by Gasteiger charge is -2.36. The van der Waals surface area contributed by atoms with Gasteiger partial charge in [0.05, 0.1) is 0 Å². The first kappa shape index (κ1) is 22.7. The van der Waals surface area contributed by atoms with Crippen molar-refractivity contribution in [3.8, 4) is 11.8 Å². The average Bonchev–Trinajstić information content (AvgIpc) is 2.75. The van der Waals surface area contributed by atoms with Crippen molar-refractivity contribution >= 4 is 21.7 Å². The SMILES string of the molecule is NC(C#CCc1ccccc1)(CS(=O)(=O)N1CCN(c2ccc(F)cc2)CC1)C(=O)O. The minimum absolute atomic E-state index is 0.173. The molecule has 0 saturated carbocycles. The maximum atomic E-state index is 13.1. The minimum atomic E-state index is -3.96. The second kappa shape index (κ2) is 9.47. The van der Waals surface area contributed by atoms with Crippen LogP contribution in [0.4, 0.5) is 10.1 Å². The number of sulfonamides is 1. The van der Waals surface area contributed by atoms with E-state index in [1.807, 2.05) is 35.2 Å². The summed E-state index contributed by atoms with van der Waals surface area (Å²) in [4.78, 5) is 13.7. The minimum Gasteiger partial charge on any atom is -0.479 e. The van der Waals surface area contributed by atoms with Gasteiger partial charge < -0.3 is 15.7 Å². The number of rotatable bonds is 6. The number of aliphatic carboxylic acids is 1. The predicted molar refractivity (Wildman–Crippen MR) is 116 cm³/mol. The van der Waals surface area contributed by atoms with Gasteiger partial charge in [0.25, 0.3) is 0 Å². The van der Waals surface area contributed by atoms with Crippen LogP contribution in [0.2, 0.25) is 0 Å². The molecule has 1 fully saturated rings. The van der Waals surface area contributed by atoms with E-state index in [0.29, 0.717) is 13.1 Å². The summed E-state index contributed by atoms with van der Waals surface area (Å²) in [6, 6.07) is 15.2. The Labute approximate surface area is 181 Å². The van der Waals surface area contributed by atoms with Crippen molar-refractivity contribution in [3.63, 3.8) is 0 Å². The fraction of sp³-hybridized carbons (Fsp3) is 0.318. The van der Waals surface area contributed by atoms with Gasteiger partial charge in [0.2, 0.25) is 10.0 Å². The summed E-state index contributed by atoms with van der Waals surface area (Å²) in [6.45, 7) is 1.14. The predicted octanol–water partition coefficient (Wildman–Crippen LogP) is 1.31. The first-order valence-corrected chi connectivity index (χ1v) is 11.4. The van der Waals surface area contributed by atoms with Crippen LogP contribution in [0.1, 0.15) is 5.56 Å². The zero-order valence-corrected chi connectivity index (χ0v) is 17.7. The van der Waals surface area contributed by atoms with Crippen molar-refractivity contribution in [1.29, 1.82) is 0 Å². The van der Waals surface area contributed by atoms with E-state index in [2.05, 4.69) is 11.8 Å². The second-order valence-electron chi connectivity index (χ2n) is 7.36. The summed E-state index contributed by atoms with van der Waals surface area (Å²) in [7, 11) is -3.96. The summed E-state index contributed by atoms with van der Waals surface area (Å²) < 4.78 is 40.1. The van der Waals surface area contributed by atoms with Crippen molar-refractivity contribution in [3.05, 3.63) is 66.0 Å². The second-order valence-corrected chi connectivity index (χ2v) is 9.33. The molecule has 1 heterocycles. The van der Waals surface area contributed by atoms with Crippen molar-refractivity contribution < 1.29 is 22.7 Å². The molecule has 0 radical (unpaired) electrons. The highest BCUT2D eigenvalue weighted by Gasteiger charge is 2.40. The molecule has 164 valence electrons. The molecule has 3 N–H and O–H groups in total. The Kier molecular flexibility index (Phi) is 6.95. The maximum Gasteiger partial charge on any atom is 0.337 e. The molecule has 9 heteroatoms. The van der Waals surface area contributed by atoms with E-state index in [-0.39, 0.29) is 25.3 Å². The number of nitrogens with two attached hydrogens (primary N) is 1. The number of carboxylic acids is 1. The molecule has 7 nitrogen and oxygen atoms in total. The Balaban J connectivity index is 1.66. The Bertz CT molecular complexity index is 1070. The molecule has 0 spiro atoms. The molecular weight excluding hydrogens is 421 g/mol. The van der Waals surface area contributed by atoms with Crippen LogP contribution in [-0.2, 0) is 21.2 Å². The van der Waals surface area contributed by atoms with E-state index in [4.69, 9.17) is 5.73 Å². The van der Waals surface area contributed by atoms with Gasteiger partial charge in [-0.15, -0.1) is 0 Å². The van der Waals surface area contributed by atoms with E-state index < -0.39 is 27.3 Å². The number of anilines is 1. The number of carboxylic acid groups (broad SMARTS) is 1. The van der Waals surface area contributed by atoms with Gasteiger partial charge in [-0.25, -0.2) is 17.6 Å². The molecule has 1 atom stereocenters. The topological polar surface area (TPSA) is 104 Å². The van der Waals surface area contributed by atoms with Gasteiger partial charge >= 0.3 is 5.97 Å². The van der Waals surface area contributed by atoms with Crippen LogP contribution in [0.15, 0.2) is 54.6 Å². The molecule has 0 aliphatic carbocycles. The third-order valence-electron chi connectivity index (χ3n) is 5.06. The van der Waals surface area contributed by atoms with Gasteiger partial charge in [-0.2, -0.15) is 4.31 Å². The van der Waals surface area contributed by atoms with Crippen LogP contribution in [0.25, 0.3) is 0 Å². The highest BCUT2D eigenvalue weighted by atomic mass is 32.2. The molecular formula is C22H24FN3O4S. The van der Waals surface area contributed by atoms with Crippen molar-refractivity contribution in [2.24, 2.45) is 5.73 Å². The van der Waals surface area contributed by atoms with Crippen LogP contribution in [0, 0.1) is 17.7 Å². The lowest BCUT2D eigenvalue weighted by atomic mass is 10.0. The number of benzene rings is 2. The van der Waals surface area contributed by atoms with Crippen molar-refractivity contribution in [1.82, 2.24) is 4.31 Å². The average molecular weight is 446 g/mol. The first-order valence-electron chi connectivity index (χ1n) is 9.74. The van der Waals surface area contributed by atoms with E-state index >= 15 is 0 Å². The van der Waals surface area contributed by atoms with Crippen molar-refractivity contribution in [2.45, 2.75) is 12.0 Å². The summed E-state index contributed by atoms with van der Waals surface area (Å²) in [6.07, 6.45) is 0.267. The number of piperazine rings is 1. The van der Waals surface area contributed by atoms with E-state index in [1.165, 1.54) is 16.4 Å². The summed E-state index contributed by atoms with van der Waals surface area (Å²) >= 11 is 0. The maximum absolute atomic E-state index is 13.1. The molecule has 31 heavy (non-hydrogen) atoms. The molecule has 2 aromatic rings. The summed E-state index contributed by atoms with van der Waals surface area (Å²) in [5.74, 6) is 2.52. The fourth-order valence-electron chi connectivity index (χ4n) is 3.31. The summed E-state index contributed by atoms with van der Waals surface area (Å²) in [5.41, 5.74) is 5.37. The third-order valence-corrected chi connectivity index (χ3v) is 7.03. The van der Waals surface area contributed by atoms with Crippen LogP contribution < -0.4 is 10.6 Å². The lowest BCUT2D eigenvalue weighted by Crippen LogP contribution is -2.57. The van der Waals surface area contributed by atoms with Crippen LogP contribution in [0.3, 0.4) is 0 Å². The molecule has 0 amide bonds. The number of nitrogens with zero attached hydrogens (tertiary/aromatic N) is 2. The molecule has 0 aromatic heterocycles. The highest BCUT2D eigenvalue weighted by molar-refractivity contribution is 7.89. The van der Waals surface area contributed by atoms with Gasteiger partial charge in [-0.3, -0.25) is 0 Å². The lowest BCUT2D eigenvalue weighted by molar-refractivity contribution is -0.140. The number of hydrogen-bond acceptors (Lipinski definition) is 5.